The Hall–Kier alpha value is -1.37. The predicted molar refractivity (Wildman–Crippen MR) is 109 cm³/mol. The summed E-state index contributed by atoms with van der Waals surface area (Å²) in [4.78, 5) is 14.6. The monoisotopic (exact) mass is 418 g/mol. The first-order valence-corrected chi connectivity index (χ1v) is 11.9. The molecule has 30 heavy (non-hydrogen) atoms. The van der Waals surface area contributed by atoms with Crippen LogP contribution in [0, 0.1) is 47.8 Å². The van der Waals surface area contributed by atoms with Crippen molar-refractivity contribution in [2.75, 3.05) is 6.67 Å². The molecule has 0 saturated heterocycles. The molecule has 7 heteroatoms. The van der Waals surface area contributed by atoms with E-state index in [0.29, 0.717) is 48.3 Å². The number of rotatable bonds is 4. The standard InChI is InChI=1S/C23H35FN4O2/c1-14-25-27-28(26-14)12-21(29)20-6-5-19-18-4-3-15-11-23(30,13-24)10-8-16(15)17(18)7-9-22(19,20)2/h15-20,30H,3-13H2,1-2H3/t15-,16+,17-,18-,19+,20-,22+,23-/m1/s1. The van der Waals surface area contributed by atoms with E-state index >= 15 is 0 Å². The molecule has 4 fully saturated rings. The number of aryl methyl sites for hydroxylation is 1. The average Bonchev–Trinajstić information content (AvgIpc) is 3.29. The van der Waals surface area contributed by atoms with Crippen LogP contribution in [0.1, 0.15) is 70.5 Å². The van der Waals surface area contributed by atoms with Crippen LogP contribution in [0.3, 0.4) is 0 Å². The molecule has 5 rings (SSSR count). The molecule has 0 bridgehead atoms. The summed E-state index contributed by atoms with van der Waals surface area (Å²) in [5, 5.41) is 22.6. The normalized spacial score (nSPS) is 45.5. The third-order valence-electron chi connectivity index (χ3n) is 9.59. The van der Waals surface area contributed by atoms with Crippen LogP contribution in [0.25, 0.3) is 0 Å². The topological polar surface area (TPSA) is 80.9 Å². The lowest BCUT2D eigenvalue weighted by atomic mass is 9.49. The summed E-state index contributed by atoms with van der Waals surface area (Å²) in [6.45, 7) is 3.78. The molecule has 8 atom stereocenters. The molecule has 1 heterocycles. The summed E-state index contributed by atoms with van der Waals surface area (Å²) >= 11 is 0. The van der Waals surface area contributed by atoms with Crippen LogP contribution in [0.2, 0.25) is 0 Å². The fraction of sp³-hybridized carbons (Fsp3) is 0.913. The van der Waals surface area contributed by atoms with Crippen LogP contribution in [-0.2, 0) is 11.3 Å². The molecule has 4 saturated carbocycles. The lowest BCUT2D eigenvalue weighted by Gasteiger charge is -2.56. The number of aromatic nitrogens is 4. The van der Waals surface area contributed by atoms with Crippen molar-refractivity contribution in [3.8, 4) is 0 Å². The molecule has 0 aromatic carbocycles. The highest BCUT2D eigenvalue weighted by atomic mass is 19.1. The number of carbonyl (C=O) groups excluding carboxylic acids is 1. The van der Waals surface area contributed by atoms with Gasteiger partial charge in [-0.15, -0.1) is 10.2 Å². The first-order valence-electron chi connectivity index (χ1n) is 11.9. The molecule has 4 aliphatic rings. The lowest BCUT2D eigenvalue weighted by molar-refractivity contribution is -0.134. The number of tetrazole rings is 1. The van der Waals surface area contributed by atoms with Crippen molar-refractivity contribution in [1.82, 2.24) is 20.2 Å². The Morgan fingerprint density at radius 2 is 1.93 bits per heavy atom. The van der Waals surface area contributed by atoms with E-state index in [0.717, 1.165) is 32.1 Å². The number of aliphatic hydroxyl groups is 1. The maximum Gasteiger partial charge on any atom is 0.171 e. The van der Waals surface area contributed by atoms with E-state index in [-0.39, 0.29) is 23.7 Å². The summed E-state index contributed by atoms with van der Waals surface area (Å²) < 4.78 is 13.4. The molecule has 0 radical (unpaired) electrons. The molecule has 0 spiro atoms. The Morgan fingerprint density at radius 1 is 1.13 bits per heavy atom. The summed E-state index contributed by atoms with van der Waals surface area (Å²) in [6, 6.07) is 0. The van der Waals surface area contributed by atoms with Gasteiger partial charge in [0.2, 0.25) is 0 Å². The zero-order valence-corrected chi connectivity index (χ0v) is 18.3. The number of hydrogen-bond acceptors (Lipinski definition) is 5. The predicted octanol–water partition coefficient (Wildman–Crippen LogP) is 3.52. The first-order chi connectivity index (χ1) is 14.3. The van der Waals surface area contributed by atoms with Gasteiger partial charge in [0.15, 0.2) is 11.6 Å². The highest BCUT2D eigenvalue weighted by molar-refractivity contribution is 5.81. The number of alkyl halides is 1. The number of carbonyl (C=O) groups is 1. The highest BCUT2D eigenvalue weighted by Crippen LogP contribution is 2.64. The molecule has 1 aromatic rings. The van der Waals surface area contributed by atoms with E-state index < -0.39 is 12.3 Å². The maximum absolute atomic E-state index is 13.4. The van der Waals surface area contributed by atoms with Crippen LogP contribution >= 0.6 is 0 Å². The number of hydrogen-bond donors (Lipinski definition) is 1. The summed E-state index contributed by atoms with van der Waals surface area (Å²) in [6.07, 6.45) is 8.92. The third kappa shape index (κ3) is 3.23. The number of nitrogens with zero attached hydrogens (tertiary/aromatic N) is 4. The smallest absolute Gasteiger partial charge is 0.171 e. The molecular formula is C23H35FN4O2. The molecule has 0 unspecified atom stereocenters. The lowest BCUT2D eigenvalue weighted by Crippen LogP contribution is -2.52. The van der Waals surface area contributed by atoms with E-state index in [1.165, 1.54) is 17.6 Å². The number of ketones is 1. The minimum atomic E-state index is -1.07. The van der Waals surface area contributed by atoms with Crippen molar-refractivity contribution in [2.45, 2.75) is 83.8 Å². The van der Waals surface area contributed by atoms with Crippen LogP contribution in [0.4, 0.5) is 4.39 Å². The third-order valence-corrected chi connectivity index (χ3v) is 9.59. The molecular weight excluding hydrogens is 383 g/mol. The first kappa shape index (κ1) is 20.5. The van der Waals surface area contributed by atoms with Gasteiger partial charge in [0.25, 0.3) is 0 Å². The van der Waals surface area contributed by atoms with Gasteiger partial charge in [0, 0.05) is 5.92 Å². The number of halogens is 1. The molecule has 6 nitrogen and oxygen atoms in total. The largest absolute Gasteiger partial charge is 0.387 e. The zero-order chi connectivity index (χ0) is 21.1. The van der Waals surface area contributed by atoms with Crippen molar-refractivity contribution >= 4 is 5.78 Å². The highest BCUT2D eigenvalue weighted by Gasteiger charge is 2.59. The number of fused-ring (bicyclic) bond motifs is 5. The van der Waals surface area contributed by atoms with Crippen LogP contribution in [-0.4, -0.2) is 43.4 Å². The van der Waals surface area contributed by atoms with Gasteiger partial charge in [-0.05, 0) is 105 Å². The SMILES string of the molecule is Cc1nnn(CC(=O)[C@H]2CC[C@H]3[C@@H]4CC[C@@H]5C[C@@](O)(CF)CC[C@@H]5[C@H]4CC[C@]23C)n1. The van der Waals surface area contributed by atoms with E-state index in [1.807, 2.05) is 0 Å². The second kappa shape index (κ2) is 7.35. The molecule has 166 valence electrons. The fourth-order valence-corrected chi connectivity index (χ4v) is 8.25. The summed E-state index contributed by atoms with van der Waals surface area (Å²) in [5.41, 5.74) is -0.995. The van der Waals surface area contributed by atoms with E-state index in [4.69, 9.17) is 0 Å². The van der Waals surface area contributed by atoms with Crippen LogP contribution in [0.15, 0.2) is 0 Å². The maximum atomic E-state index is 13.4. The van der Waals surface area contributed by atoms with Gasteiger partial charge >= 0.3 is 0 Å². The average molecular weight is 419 g/mol. The van der Waals surface area contributed by atoms with Gasteiger partial charge in [-0.3, -0.25) is 4.79 Å². The summed E-state index contributed by atoms with van der Waals surface area (Å²) in [7, 11) is 0. The van der Waals surface area contributed by atoms with Crippen molar-refractivity contribution in [3.05, 3.63) is 5.82 Å². The van der Waals surface area contributed by atoms with Gasteiger partial charge < -0.3 is 5.11 Å². The van der Waals surface area contributed by atoms with Gasteiger partial charge in [-0.1, -0.05) is 6.92 Å². The Bertz CT molecular complexity index is 815. The summed E-state index contributed by atoms with van der Waals surface area (Å²) in [5.74, 6) is 4.06. The Balaban J connectivity index is 1.30. The Morgan fingerprint density at radius 3 is 2.67 bits per heavy atom. The molecule has 1 N–H and O–H groups in total. The van der Waals surface area contributed by atoms with E-state index in [9.17, 15) is 14.3 Å². The molecule has 0 aliphatic heterocycles. The Kier molecular flexibility index (Phi) is 5.03. The van der Waals surface area contributed by atoms with Crippen LogP contribution in [0.5, 0.6) is 0 Å². The van der Waals surface area contributed by atoms with Gasteiger partial charge in [-0.25, -0.2) is 4.39 Å². The van der Waals surface area contributed by atoms with Crippen LogP contribution < -0.4 is 0 Å². The van der Waals surface area contributed by atoms with E-state index in [2.05, 4.69) is 22.3 Å². The molecule has 0 amide bonds. The quantitative estimate of drug-likeness (QED) is 0.809. The molecule has 4 aliphatic carbocycles. The Labute approximate surface area is 178 Å². The van der Waals surface area contributed by atoms with Gasteiger partial charge in [0.1, 0.15) is 13.2 Å². The fourth-order valence-electron chi connectivity index (χ4n) is 8.25. The van der Waals surface area contributed by atoms with Gasteiger partial charge in [-0.2, -0.15) is 4.80 Å². The van der Waals surface area contributed by atoms with Crippen molar-refractivity contribution < 1.29 is 14.3 Å². The minimum Gasteiger partial charge on any atom is -0.387 e. The van der Waals surface area contributed by atoms with Gasteiger partial charge in [0.05, 0.1) is 5.60 Å². The zero-order valence-electron chi connectivity index (χ0n) is 18.3. The number of Topliss-reactive ketones (excluding diaryl/α,β-unsaturated/α-hetero) is 1. The molecule has 1 aromatic heterocycles. The van der Waals surface area contributed by atoms with E-state index in [1.54, 1.807) is 6.92 Å². The van der Waals surface area contributed by atoms with Crippen molar-refractivity contribution in [1.29, 1.82) is 0 Å². The second-order valence-electron chi connectivity index (χ2n) is 11.0. The van der Waals surface area contributed by atoms with Crippen molar-refractivity contribution in [2.24, 2.45) is 40.9 Å². The van der Waals surface area contributed by atoms with Crippen molar-refractivity contribution in [3.63, 3.8) is 0 Å². The second-order valence-corrected chi connectivity index (χ2v) is 11.0. The minimum absolute atomic E-state index is 0.0784.